The van der Waals surface area contributed by atoms with Crippen molar-refractivity contribution in [3.05, 3.63) is 88.6 Å². The number of rotatable bonds is 7. The van der Waals surface area contributed by atoms with Crippen molar-refractivity contribution in [3.63, 3.8) is 0 Å². The Kier molecular flexibility index (Phi) is 8.13. The van der Waals surface area contributed by atoms with E-state index in [9.17, 15) is 9.59 Å². The molecule has 2 amide bonds. The fourth-order valence-corrected chi connectivity index (χ4v) is 4.47. The van der Waals surface area contributed by atoms with Crippen molar-refractivity contribution in [2.45, 2.75) is 0 Å². The maximum Gasteiger partial charge on any atom is 0.283 e. The lowest BCUT2D eigenvalue weighted by atomic mass is 10.2. The number of nitrogens with zero attached hydrogens (tertiary/aromatic N) is 3. The van der Waals surface area contributed by atoms with E-state index in [0.29, 0.717) is 38.6 Å². The van der Waals surface area contributed by atoms with E-state index in [0.717, 1.165) is 17.3 Å². The Bertz CT molecular complexity index is 1450. The molecular weight excluding hydrogens is 512 g/mol. The molecule has 3 aromatic carbocycles. The first-order valence-corrected chi connectivity index (χ1v) is 12.3. The first-order valence-electron chi connectivity index (χ1n) is 11.0. The summed E-state index contributed by atoms with van der Waals surface area (Å²) in [6, 6.07) is 20.8. The van der Waals surface area contributed by atoms with Crippen LogP contribution in [0.2, 0.25) is 5.02 Å². The van der Waals surface area contributed by atoms with Gasteiger partial charge in [-0.15, -0.1) is 0 Å². The predicted octanol–water partition coefficient (Wildman–Crippen LogP) is 5.34. The lowest BCUT2D eigenvalue weighted by molar-refractivity contribution is -0.114. The Morgan fingerprint density at radius 3 is 2.62 bits per heavy atom. The van der Waals surface area contributed by atoms with Crippen molar-refractivity contribution in [1.29, 1.82) is 5.26 Å². The van der Waals surface area contributed by atoms with Crippen molar-refractivity contribution in [3.8, 4) is 17.6 Å². The molecule has 3 aromatic rings. The number of aliphatic imine (C=N–C) groups is 1. The Morgan fingerprint density at radius 2 is 1.92 bits per heavy atom. The molecule has 0 bridgehead atoms. The average molecular weight is 533 g/mol. The minimum atomic E-state index is -0.357. The molecule has 0 atom stereocenters. The van der Waals surface area contributed by atoms with E-state index in [1.54, 1.807) is 67.8 Å². The molecule has 0 saturated carbocycles. The van der Waals surface area contributed by atoms with Gasteiger partial charge in [-0.1, -0.05) is 41.6 Å². The molecule has 1 heterocycles. The minimum absolute atomic E-state index is 0.0140. The number of nitriles is 1. The van der Waals surface area contributed by atoms with E-state index in [-0.39, 0.29) is 23.3 Å². The Balaban J connectivity index is 1.60. The molecule has 0 radical (unpaired) electrons. The van der Waals surface area contributed by atoms with Crippen LogP contribution < -0.4 is 19.7 Å². The molecule has 37 heavy (non-hydrogen) atoms. The summed E-state index contributed by atoms with van der Waals surface area (Å²) in [7, 11) is 3.07. The number of carbonyl (C=O) groups is 2. The molecule has 0 aromatic heterocycles. The third-order valence-electron chi connectivity index (χ3n) is 5.25. The lowest BCUT2D eigenvalue weighted by Gasteiger charge is -2.19. The third-order valence-corrected chi connectivity index (χ3v) is 6.50. The number of ether oxygens (including phenoxy) is 2. The number of halogens is 1. The predicted molar refractivity (Wildman–Crippen MR) is 146 cm³/mol. The number of hydrogen-bond donors (Lipinski definition) is 1. The van der Waals surface area contributed by atoms with Crippen molar-refractivity contribution in [2.24, 2.45) is 4.99 Å². The number of methoxy groups -OCH3 is 2. The number of amidine groups is 1. The summed E-state index contributed by atoms with van der Waals surface area (Å²) >= 11 is 7.29. The summed E-state index contributed by atoms with van der Waals surface area (Å²) in [6.45, 7) is 0. The van der Waals surface area contributed by atoms with Crippen LogP contribution >= 0.6 is 23.4 Å². The number of carbonyl (C=O) groups excluding carboxylic acids is 2. The molecule has 0 fully saturated rings. The van der Waals surface area contributed by atoms with Gasteiger partial charge in [-0.2, -0.15) is 5.26 Å². The zero-order valence-corrected chi connectivity index (χ0v) is 21.5. The Hall–Kier alpha value is -4.26. The zero-order chi connectivity index (χ0) is 26.4. The van der Waals surface area contributed by atoms with Gasteiger partial charge in [0.05, 0.1) is 42.3 Å². The lowest BCUT2D eigenvalue weighted by Crippen LogP contribution is -2.31. The van der Waals surface area contributed by atoms with Gasteiger partial charge < -0.3 is 14.8 Å². The van der Waals surface area contributed by atoms with Gasteiger partial charge >= 0.3 is 0 Å². The van der Waals surface area contributed by atoms with Crippen LogP contribution in [0.15, 0.2) is 77.4 Å². The smallest absolute Gasteiger partial charge is 0.283 e. The number of amides is 2. The van der Waals surface area contributed by atoms with Crippen LogP contribution in [0.1, 0.15) is 11.1 Å². The van der Waals surface area contributed by atoms with E-state index in [4.69, 9.17) is 26.3 Å². The van der Waals surface area contributed by atoms with E-state index < -0.39 is 0 Å². The molecule has 0 unspecified atom stereocenters. The zero-order valence-electron chi connectivity index (χ0n) is 19.9. The molecule has 0 saturated heterocycles. The van der Waals surface area contributed by atoms with Crippen LogP contribution in [0, 0.1) is 11.3 Å². The number of benzene rings is 3. The Morgan fingerprint density at radius 1 is 1.14 bits per heavy atom. The van der Waals surface area contributed by atoms with E-state index in [2.05, 4.69) is 10.3 Å². The summed E-state index contributed by atoms with van der Waals surface area (Å²) in [4.78, 5) is 32.0. The van der Waals surface area contributed by atoms with Crippen molar-refractivity contribution in [1.82, 2.24) is 0 Å². The largest absolute Gasteiger partial charge is 0.497 e. The molecular formula is C27H21ClN4O4S. The average Bonchev–Trinajstić information content (AvgIpc) is 3.22. The number of thioether (sulfide) groups is 1. The molecule has 0 aliphatic carbocycles. The normalized spacial score (nSPS) is 13.8. The molecule has 8 nitrogen and oxygen atoms in total. The molecule has 1 aliphatic heterocycles. The maximum absolute atomic E-state index is 13.4. The van der Waals surface area contributed by atoms with Gasteiger partial charge in [-0.05, 0) is 54.1 Å². The summed E-state index contributed by atoms with van der Waals surface area (Å²) in [5.41, 5.74) is 2.42. The maximum atomic E-state index is 13.4. The van der Waals surface area contributed by atoms with Gasteiger partial charge in [0.2, 0.25) is 5.91 Å². The number of anilines is 2. The van der Waals surface area contributed by atoms with Crippen LogP contribution in [0.5, 0.6) is 11.5 Å². The highest BCUT2D eigenvalue weighted by Gasteiger charge is 2.33. The quantitative estimate of drug-likeness (QED) is 0.412. The van der Waals surface area contributed by atoms with Crippen LogP contribution in [0.25, 0.3) is 6.08 Å². The van der Waals surface area contributed by atoms with Gasteiger partial charge in [-0.3, -0.25) is 14.5 Å². The van der Waals surface area contributed by atoms with Crippen LogP contribution in [-0.2, 0) is 9.59 Å². The third kappa shape index (κ3) is 6.12. The van der Waals surface area contributed by atoms with Crippen molar-refractivity contribution < 1.29 is 19.1 Å². The second kappa shape index (κ2) is 11.6. The molecule has 0 spiro atoms. The topological polar surface area (TPSA) is 104 Å². The molecule has 186 valence electrons. The van der Waals surface area contributed by atoms with E-state index >= 15 is 0 Å². The SMILES string of the molecule is COc1ccc(C=C2N=C(SCC(=O)Nc3cccc(C#N)c3)N(c3ccc(Cl)c(OC)c3)C2=O)cc1. The highest BCUT2D eigenvalue weighted by Crippen LogP contribution is 2.34. The molecule has 1 N–H and O–H groups in total. The van der Waals surface area contributed by atoms with Gasteiger partial charge in [0, 0.05) is 11.8 Å². The first-order chi connectivity index (χ1) is 17.9. The fourth-order valence-electron chi connectivity index (χ4n) is 3.46. The van der Waals surface area contributed by atoms with Crippen molar-refractivity contribution >= 4 is 57.8 Å². The Labute approximate surface area is 223 Å². The minimum Gasteiger partial charge on any atom is -0.497 e. The van der Waals surface area contributed by atoms with Crippen LogP contribution in [0.4, 0.5) is 11.4 Å². The van der Waals surface area contributed by atoms with E-state index in [1.807, 2.05) is 18.2 Å². The monoisotopic (exact) mass is 532 g/mol. The van der Waals surface area contributed by atoms with Gasteiger partial charge in [0.15, 0.2) is 5.17 Å². The second-order valence-corrected chi connectivity index (χ2v) is 9.04. The molecule has 4 rings (SSSR count). The van der Waals surface area contributed by atoms with Crippen LogP contribution in [-0.4, -0.2) is 37.0 Å². The van der Waals surface area contributed by atoms with Gasteiger partial charge in [-0.25, -0.2) is 4.99 Å². The number of nitrogens with one attached hydrogen (secondary N) is 1. The highest BCUT2D eigenvalue weighted by atomic mass is 35.5. The van der Waals surface area contributed by atoms with E-state index in [1.165, 1.54) is 12.0 Å². The standard InChI is InChI=1S/C27H21ClN4O4S/c1-35-21-9-6-17(7-10-21)13-23-26(34)32(20-8-11-22(28)24(14-20)36-2)27(31-23)37-16-25(33)30-19-5-3-4-18(12-19)15-29/h3-14H,16H2,1-2H3,(H,30,33). The molecule has 10 heteroatoms. The number of hydrogen-bond acceptors (Lipinski definition) is 7. The summed E-state index contributed by atoms with van der Waals surface area (Å²) in [6.07, 6.45) is 1.67. The van der Waals surface area contributed by atoms with Crippen molar-refractivity contribution in [2.75, 3.05) is 30.2 Å². The molecule has 1 aliphatic rings. The van der Waals surface area contributed by atoms with Crippen LogP contribution in [0.3, 0.4) is 0 Å². The highest BCUT2D eigenvalue weighted by molar-refractivity contribution is 8.14. The second-order valence-electron chi connectivity index (χ2n) is 7.69. The first kappa shape index (κ1) is 25.8. The summed E-state index contributed by atoms with van der Waals surface area (Å²) in [5.74, 6) is 0.418. The summed E-state index contributed by atoms with van der Waals surface area (Å²) < 4.78 is 10.5. The van der Waals surface area contributed by atoms with Gasteiger partial charge in [0.25, 0.3) is 5.91 Å². The fraction of sp³-hybridized carbons (Fsp3) is 0.111. The summed E-state index contributed by atoms with van der Waals surface area (Å²) in [5, 5.41) is 12.6. The van der Waals surface area contributed by atoms with Gasteiger partial charge in [0.1, 0.15) is 17.2 Å².